The van der Waals surface area contributed by atoms with Crippen molar-refractivity contribution in [2.24, 2.45) is 11.1 Å². The zero-order chi connectivity index (χ0) is 14.9. The van der Waals surface area contributed by atoms with Gasteiger partial charge >= 0.3 is 0 Å². The molecule has 1 saturated heterocycles. The van der Waals surface area contributed by atoms with E-state index in [-0.39, 0.29) is 35.0 Å². The van der Waals surface area contributed by atoms with Gasteiger partial charge in [0.2, 0.25) is 11.1 Å². The Labute approximate surface area is 136 Å². The third-order valence-corrected chi connectivity index (χ3v) is 4.49. The summed E-state index contributed by atoms with van der Waals surface area (Å²) in [6.45, 7) is 7.50. The van der Waals surface area contributed by atoms with Crippen molar-refractivity contribution in [2.45, 2.75) is 46.1 Å². The fraction of sp³-hybridized carbons (Fsp3) is 0.714. The van der Waals surface area contributed by atoms with E-state index >= 15 is 0 Å². The van der Waals surface area contributed by atoms with E-state index in [1.54, 1.807) is 0 Å². The fourth-order valence-corrected chi connectivity index (χ4v) is 2.88. The average molecular weight is 336 g/mol. The van der Waals surface area contributed by atoms with Gasteiger partial charge in [0.15, 0.2) is 0 Å². The molecule has 0 aliphatic carbocycles. The van der Waals surface area contributed by atoms with Crippen molar-refractivity contribution in [1.82, 2.24) is 10.1 Å². The van der Waals surface area contributed by atoms with Crippen LogP contribution in [-0.4, -0.2) is 35.1 Å². The van der Waals surface area contributed by atoms with E-state index in [9.17, 15) is 4.79 Å². The fourth-order valence-electron chi connectivity index (χ4n) is 2.62. The van der Waals surface area contributed by atoms with Gasteiger partial charge in [-0.05, 0) is 36.8 Å². The molecule has 1 atom stereocenters. The van der Waals surface area contributed by atoms with Gasteiger partial charge in [0.1, 0.15) is 0 Å². The van der Waals surface area contributed by atoms with E-state index in [1.165, 1.54) is 0 Å². The Bertz CT molecular complexity index is 483. The Kier molecular flexibility index (Phi) is 6.08. The number of carbonyl (C=O) groups excluding carboxylic acids is 1. The maximum Gasteiger partial charge on any atom is 0.229 e. The summed E-state index contributed by atoms with van der Waals surface area (Å²) in [5.41, 5.74) is 7.64. The number of nitrogens with zero attached hydrogens (tertiary/aromatic N) is 2. The monoisotopic (exact) mass is 335 g/mol. The number of aromatic nitrogens is 1. The first-order valence-corrected chi connectivity index (χ1v) is 7.33. The number of likely N-dealkylation sites (tertiary alicyclic amines) is 1. The van der Waals surface area contributed by atoms with Gasteiger partial charge in [0.05, 0.1) is 5.69 Å². The van der Waals surface area contributed by atoms with Crippen LogP contribution in [0.2, 0.25) is 5.22 Å². The molecule has 1 unspecified atom stereocenters. The van der Waals surface area contributed by atoms with Crippen LogP contribution in [0.5, 0.6) is 0 Å². The lowest BCUT2D eigenvalue weighted by molar-refractivity contribution is -0.134. The molecule has 1 amide bonds. The number of carbonyl (C=O) groups is 1. The van der Waals surface area contributed by atoms with Crippen LogP contribution >= 0.6 is 24.0 Å². The summed E-state index contributed by atoms with van der Waals surface area (Å²) < 4.78 is 4.89. The first-order valence-electron chi connectivity index (χ1n) is 6.95. The first-order chi connectivity index (χ1) is 9.31. The lowest BCUT2D eigenvalue weighted by atomic mass is 9.79. The van der Waals surface area contributed by atoms with Crippen molar-refractivity contribution >= 4 is 29.9 Å². The van der Waals surface area contributed by atoms with Crippen LogP contribution in [0.15, 0.2) is 4.52 Å². The lowest BCUT2D eigenvalue weighted by Gasteiger charge is -2.42. The maximum atomic E-state index is 12.3. The molecule has 2 heterocycles. The quantitative estimate of drug-likeness (QED) is 0.921. The topological polar surface area (TPSA) is 72.4 Å². The summed E-state index contributed by atoms with van der Waals surface area (Å²) in [6.07, 6.45) is 1.84. The van der Waals surface area contributed by atoms with Crippen LogP contribution in [0.1, 0.15) is 37.9 Å². The van der Waals surface area contributed by atoms with E-state index in [0.29, 0.717) is 19.4 Å². The average Bonchev–Trinajstić information content (AvgIpc) is 2.69. The van der Waals surface area contributed by atoms with Crippen molar-refractivity contribution in [3.63, 3.8) is 0 Å². The van der Waals surface area contributed by atoms with E-state index in [2.05, 4.69) is 19.0 Å². The van der Waals surface area contributed by atoms with Gasteiger partial charge in [-0.1, -0.05) is 19.0 Å². The van der Waals surface area contributed by atoms with Crippen molar-refractivity contribution in [2.75, 3.05) is 13.1 Å². The smallest absolute Gasteiger partial charge is 0.229 e. The number of nitrogens with two attached hydrogens (primary N) is 1. The molecule has 0 radical (unpaired) electrons. The number of aryl methyl sites for hydroxylation is 1. The first kappa shape index (κ1) is 18.3. The van der Waals surface area contributed by atoms with Gasteiger partial charge in [-0.15, -0.1) is 12.4 Å². The number of amides is 1. The minimum absolute atomic E-state index is 0. The molecular weight excluding hydrogens is 313 g/mol. The van der Waals surface area contributed by atoms with Crippen molar-refractivity contribution in [3.8, 4) is 0 Å². The third-order valence-electron chi connectivity index (χ3n) is 4.19. The molecule has 0 saturated carbocycles. The summed E-state index contributed by atoms with van der Waals surface area (Å²) >= 11 is 5.91. The van der Waals surface area contributed by atoms with Crippen molar-refractivity contribution in [1.29, 1.82) is 0 Å². The number of hydrogen-bond acceptors (Lipinski definition) is 4. The second kappa shape index (κ2) is 6.99. The Morgan fingerprint density at radius 1 is 1.57 bits per heavy atom. The molecule has 120 valence electrons. The number of piperidine rings is 1. The molecule has 1 aromatic rings. The summed E-state index contributed by atoms with van der Waals surface area (Å²) in [5, 5.41) is 4.08. The van der Waals surface area contributed by atoms with E-state index in [1.807, 2.05) is 11.8 Å². The van der Waals surface area contributed by atoms with Crippen LogP contribution < -0.4 is 5.73 Å². The predicted molar refractivity (Wildman–Crippen MR) is 84.8 cm³/mol. The third kappa shape index (κ3) is 4.11. The number of halogens is 2. The molecule has 2 N–H and O–H groups in total. The molecule has 1 aliphatic heterocycles. The van der Waals surface area contributed by atoms with E-state index in [0.717, 1.165) is 24.2 Å². The van der Waals surface area contributed by atoms with Crippen LogP contribution in [0.3, 0.4) is 0 Å². The lowest BCUT2D eigenvalue weighted by Crippen LogP contribution is -2.54. The molecular formula is C14H23Cl2N3O2. The highest BCUT2D eigenvalue weighted by Crippen LogP contribution is 2.28. The maximum absolute atomic E-state index is 12.3. The second-order valence-electron chi connectivity index (χ2n) is 6.22. The Hall–Kier alpha value is -0.780. The number of hydrogen-bond donors (Lipinski definition) is 1. The van der Waals surface area contributed by atoms with Gasteiger partial charge in [0, 0.05) is 31.1 Å². The van der Waals surface area contributed by atoms with Crippen molar-refractivity contribution in [3.05, 3.63) is 16.5 Å². The largest absolute Gasteiger partial charge is 0.344 e. The van der Waals surface area contributed by atoms with Gasteiger partial charge in [-0.3, -0.25) is 4.79 Å². The van der Waals surface area contributed by atoms with Gasteiger partial charge in [-0.2, -0.15) is 0 Å². The molecule has 0 aromatic carbocycles. The van der Waals surface area contributed by atoms with E-state index in [4.69, 9.17) is 21.9 Å². The van der Waals surface area contributed by atoms with Crippen LogP contribution in [0, 0.1) is 12.3 Å². The summed E-state index contributed by atoms with van der Waals surface area (Å²) in [7, 11) is 0. The zero-order valence-corrected chi connectivity index (χ0v) is 14.3. The molecule has 21 heavy (non-hydrogen) atoms. The molecule has 1 aliphatic rings. The minimum Gasteiger partial charge on any atom is -0.344 e. The molecule has 7 heteroatoms. The highest BCUT2D eigenvalue weighted by Gasteiger charge is 2.35. The Balaban J connectivity index is 0.00000220. The number of rotatable bonds is 3. The van der Waals surface area contributed by atoms with Crippen molar-refractivity contribution < 1.29 is 9.32 Å². The second-order valence-corrected chi connectivity index (χ2v) is 6.56. The minimum atomic E-state index is -0.0291. The van der Waals surface area contributed by atoms with E-state index < -0.39 is 0 Å². The summed E-state index contributed by atoms with van der Waals surface area (Å²) in [5.74, 6) is 0.140. The van der Waals surface area contributed by atoms with Gasteiger partial charge in [-0.25, -0.2) is 0 Å². The molecule has 1 aromatic heterocycles. The normalized spacial score (nSPS) is 21.0. The summed E-state index contributed by atoms with van der Waals surface area (Å²) in [4.78, 5) is 14.2. The van der Waals surface area contributed by atoms with Crippen LogP contribution in [0.4, 0.5) is 0 Å². The molecule has 1 fully saturated rings. The molecule has 0 spiro atoms. The van der Waals surface area contributed by atoms with Crippen LogP contribution in [-0.2, 0) is 11.2 Å². The van der Waals surface area contributed by atoms with Gasteiger partial charge in [0.25, 0.3) is 0 Å². The Morgan fingerprint density at radius 3 is 2.76 bits per heavy atom. The van der Waals surface area contributed by atoms with Crippen LogP contribution in [0.25, 0.3) is 0 Å². The zero-order valence-electron chi connectivity index (χ0n) is 12.7. The molecule has 2 rings (SSSR count). The Morgan fingerprint density at radius 2 is 2.24 bits per heavy atom. The highest BCUT2D eigenvalue weighted by molar-refractivity contribution is 6.29. The standard InChI is InChI=1S/C14H22ClN3O2.ClH/c1-9-10(13(15)20-17-9)4-5-12(19)18-7-6-11(16)14(2,3)8-18;/h11H,4-8,16H2,1-3H3;1H. The molecule has 0 bridgehead atoms. The highest BCUT2D eigenvalue weighted by atomic mass is 35.5. The molecule has 5 nitrogen and oxygen atoms in total. The van der Waals surface area contributed by atoms with Gasteiger partial charge < -0.3 is 15.2 Å². The SMILES string of the molecule is Cc1noc(Cl)c1CCC(=O)N1CCC(N)C(C)(C)C1.Cl. The predicted octanol–water partition coefficient (Wildman–Crippen LogP) is 2.58. The summed E-state index contributed by atoms with van der Waals surface area (Å²) in [6, 6.07) is 0.154.